The van der Waals surface area contributed by atoms with Crippen LogP contribution in [0.2, 0.25) is 0 Å². The standard InChI is InChI=1S/C12H17N3O2/c1-8(2)7-17-12(16)15-11-6-13-5-10(14-11)9-3-4-9/h5-6,8-9H,3-4,7H2,1-2H3,(H,14,15,16). The molecule has 92 valence electrons. The van der Waals surface area contributed by atoms with Crippen LogP contribution in [0.5, 0.6) is 0 Å². The summed E-state index contributed by atoms with van der Waals surface area (Å²) >= 11 is 0. The van der Waals surface area contributed by atoms with Crippen molar-refractivity contribution in [2.45, 2.75) is 32.6 Å². The first-order valence-corrected chi connectivity index (χ1v) is 5.91. The number of anilines is 1. The number of aromatic nitrogens is 2. The Kier molecular flexibility index (Phi) is 3.56. The molecule has 1 aliphatic rings. The van der Waals surface area contributed by atoms with E-state index in [0.29, 0.717) is 24.3 Å². The smallest absolute Gasteiger partial charge is 0.412 e. The normalized spacial score (nSPS) is 14.8. The zero-order chi connectivity index (χ0) is 12.3. The fourth-order valence-electron chi connectivity index (χ4n) is 1.40. The summed E-state index contributed by atoms with van der Waals surface area (Å²) in [6, 6.07) is 0. The van der Waals surface area contributed by atoms with Crippen LogP contribution in [0.15, 0.2) is 12.4 Å². The number of ether oxygens (including phenoxy) is 1. The van der Waals surface area contributed by atoms with Crippen LogP contribution in [-0.4, -0.2) is 22.7 Å². The number of hydrogen-bond acceptors (Lipinski definition) is 4. The molecule has 2 rings (SSSR count). The number of hydrogen-bond donors (Lipinski definition) is 1. The van der Waals surface area contributed by atoms with Gasteiger partial charge in [-0.15, -0.1) is 0 Å². The molecule has 5 nitrogen and oxygen atoms in total. The summed E-state index contributed by atoms with van der Waals surface area (Å²) in [5, 5.41) is 2.59. The van der Waals surface area contributed by atoms with Crippen molar-refractivity contribution in [3.8, 4) is 0 Å². The van der Waals surface area contributed by atoms with Crippen LogP contribution in [0.3, 0.4) is 0 Å². The molecule has 1 aliphatic carbocycles. The SMILES string of the molecule is CC(C)COC(=O)Nc1cncc(C2CC2)n1. The molecule has 1 saturated carbocycles. The van der Waals surface area contributed by atoms with Gasteiger partial charge >= 0.3 is 6.09 Å². The van der Waals surface area contributed by atoms with E-state index >= 15 is 0 Å². The fraction of sp³-hybridized carbons (Fsp3) is 0.583. The highest BCUT2D eigenvalue weighted by Crippen LogP contribution is 2.38. The van der Waals surface area contributed by atoms with Crippen molar-refractivity contribution in [2.24, 2.45) is 5.92 Å². The van der Waals surface area contributed by atoms with Crippen LogP contribution in [0.1, 0.15) is 38.3 Å². The maximum Gasteiger partial charge on any atom is 0.412 e. The van der Waals surface area contributed by atoms with Gasteiger partial charge < -0.3 is 4.74 Å². The van der Waals surface area contributed by atoms with Gasteiger partial charge in [0.15, 0.2) is 5.82 Å². The first-order chi connectivity index (χ1) is 8.15. The Morgan fingerprint density at radius 1 is 1.53 bits per heavy atom. The van der Waals surface area contributed by atoms with E-state index in [1.807, 2.05) is 13.8 Å². The summed E-state index contributed by atoms with van der Waals surface area (Å²) in [5.41, 5.74) is 0.951. The van der Waals surface area contributed by atoms with Gasteiger partial charge in [0.2, 0.25) is 0 Å². The van der Waals surface area contributed by atoms with Gasteiger partial charge in [0.1, 0.15) is 0 Å². The molecule has 1 aromatic heterocycles. The number of rotatable bonds is 4. The zero-order valence-corrected chi connectivity index (χ0v) is 10.1. The lowest BCUT2D eigenvalue weighted by atomic mass is 10.2. The Labute approximate surface area is 101 Å². The Morgan fingerprint density at radius 2 is 2.29 bits per heavy atom. The second-order valence-corrected chi connectivity index (χ2v) is 4.72. The molecular formula is C12H17N3O2. The van der Waals surface area contributed by atoms with Crippen molar-refractivity contribution in [2.75, 3.05) is 11.9 Å². The number of nitrogens with one attached hydrogen (secondary N) is 1. The first kappa shape index (κ1) is 11.8. The van der Waals surface area contributed by atoms with Crippen LogP contribution in [0.4, 0.5) is 10.6 Å². The van der Waals surface area contributed by atoms with Gasteiger partial charge in [-0.25, -0.2) is 9.78 Å². The predicted octanol–water partition coefficient (Wildman–Crippen LogP) is 2.56. The monoisotopic (exact) mass is 235 g/mol. The lowest BCUT2D eigenvalue weighted by Crippen LogP contribution is -2.17. The van der Waals surface area contributed by atoms with E-state index < -0.39 is 6.09 Å². The lowest BCUT2D eigenvalue weighted by Gasteiger charge is -2.08. The topological polar surface area (TPSA) is 64.1 Å². The van der Waals surface area contributed by atoms with Crippen molar-refractivity contribution in [3.63, 3.8) is 0 Å². The summed E-state index contributed by atoms with van der Waals surface area (Å²) in [6.07, 6.45) is 5.14. The van der Waals surface area contributed by atoms with Crippen molar-refractivity contribution >= 4 is 11.9 Å². The molecule has 0 aliphatic heterocycles. The maximum atomic E-state index is 11.4. The van der Waals surface area contributed by atoms with Gasteiger partial charge in [0.05, 0.1) is 18.5 Å². The molecule has 1 fully saturated rings. The van der Waals surface area contributed by atoms with E-state index in [1.54, 1.807) is 6.20 Å². The van der Waals surface area contributed by atoms with Crippen LogP contribution in [0.25, 0.3) is 0 Å². The molecule has 1 amide bonds. The summed E-state index contributed by atoms with van der Waals surface area (Å²) in [7, 11) is 0. The van der Waals surface area contributed by atoms with Gasteiger partial charge in [0.25, 0.3) is 0 Å². The molecule has 0 atom stereocenters. The molecule has 5 heteroatoms. The average molecular weight is 235 g/mol. The number of carbonyl (C=O) groups excluding carboxylic acids is 1. The lowest BCUT2D eigenvalue weighted by molar-refractivity contribution is 0.147. The summed E-state index contributed by atoms with van der Waals surface area (Å²) in [4.78, 5) is 19.8. The molecule has 0 radical (unpaired) electrons. The highest BCUT2D eigenvalue weighted by atomic mass is 16.5. The third-order valence-electron chi connectivity index (χ3n) is 2.43. The maximum absolute atomic E-state index is 11.4. The Hall–Kier alpha value is -1.65. The fourth-order valence-corrected chi connectivity index (χ4v) is 1.40. The predicted molar refractivity (Wildman–Crippen MR) is 63.8 cm³/mol. The van der Waals surface area contributed by atoms with Crippen molar-refractivity contribution in [1.29, 1.82) is 0 Å². The van der Waals surface area contributed by atoms with Crippen LogP contribution >= 0.6 is 0 Å². The van der Waals surface area contributed by atoms with Gasteiger partial charge in [-0.2, -0.15) is 0 Å². The molecule has 1 heterocycles. The van der Waals surface area contributed by atoms with Crippen LogP contribution < -0.4 is 5.32 Å². The minimum atomic E-state index is -0.471. The number of amides is 1. The largest absolute Gasteiger partial charge is 0.449 e. The summed E-state index contributed by atoms with van der Waals surface area (Å²) in [6.45, 7) is 4.38. The number of carbonyl (C=O) groups is 1. The molecule has 1 N–H and O–H groups in total. The van der Waals surface area contributed by atoms with E-state index in [4.69, 9.17) is 4.74 Å². The van der Waals surface area contributed by atoms with Crippen LogP contribution in [-0.2, 0) is 4.74 Å². The molecule has 1 aromatic rings. The van der Waals surface area contributed by atoms with E-state index in [2.05, 4.69) is 15.3 Å². The van der Waals surface area contributed by atoms with Crippen molar-refractivity contribution in [1.82, 2.24) is 9.97 Å². The molecule has 0 spiro atoms. The third kappa shape index (κ3) is 3.69. The van der Waals surface area contributed by atoms with E-state index in [1.165, 1.54) is 6.20 Å². The molecule has 0 saturated heterocycles. The van der Waals surface area contributed by atoms with Gasteiger partial charge in [0, 0.05) is 12.1 Å². The van der Waals surface area contributed by atoms with E-state index in [0.717, 1.165) is 18.5 Å². The van der Waals surface area contributed by atoms with Gasteiger partial charge in [-0.05, 0) is 18.8 Å². The summed E-state index contributed by atoms with van der Waals surface area (Å²) < 4.78 is 5.01. The Bertz CT molecular complexity index is 402. The van der Waals surface area contributed by atoms with E-state index in [9.17, 15) is 4.79 Å². The van der Waals surface area contributed by atoms with Crippen LogP contribution in [0, 0.1) is 5.92 Å². The first-order valence-electron chi connectivity index (χ1n) is 5.91. The molecular weight excluding hydrogens is 218 g/mol. The molecule has 0 unspecified atom stereocenters. The second kappa shape index (κ2) is 5.12. The quantitative estimate of drug-likeness (QED) is 0.871. The molecule has 0 aromatic carbocycles. The van der Waals surface area contributed by atoms with E-state index in [-0.39, 0.29) is 0 Å². The second-order valence-electron chi connectivity index (χ2n) is 4.72. The molecule has 17 heavy (non-hydrogen) atoms. The Balaban J connectivity index is 1.89. The average Bonchev–Trinajstić information content (AvgIpc) is 3.10. The van der Waals surface area contributed by atoms with Gasteiger partial charge in [-0.3, -0.25) is 10.3 Å². The summed E-state index contributed by atoms with van der Waals surface area (Å²) in [5.74, 6) is 1.31. The van der Waals surface area contributed by atoms with Crippen molar-refractivity contribution in [3.05, 3.63) is 18.1 Å². The minimum absolute atomic E-state index is 0.324. The van der Waals surface area contributed by atoms with Crippen molar-refractivity contribution < 1.29 is 9.53 Å². The number of nitrogens with zero attached hydrogens (tertiary/aromatic N) is 2. The minimum Gasteiger partial charge on any atom is -0.449 e. The van der Waals surface area contributed by atoms with Gasteiger partial charge in [-0.1, -0.05) is 13.8 Å². The highest BCUT2D eigenvalue weighted by Gasteiger charge is 2.25. The Morgan fingerprint density at radius 3 is 2.94 bits per heavy atom. The highest BCUT2D eigenvalue weighted by molar-refractivity contribution is 5.83. The zero-order valence-electron chi connectivity index (χ0n) is 10.1. The molecule has 0 bridgehead atoms. The third-order valence-corrected chi connectivity index (χ3v) is 2.43.